The molecule has 2 heteroatoms. The maximum Gasteiger partial charge on any atom is 0.0931 e. The molecule has 0 fully saturated rings. The molecular weight excluding hydrogens is 210 g/mol. The summed E-state index contributed by atoms with van der Waals surface area (Å²) in [6, 6.07) is 0. The number of aliphatic hydroxyl groups excluding tert-OH is 1. The van der Waals surface area contributed by atoms with Gasteiger partial charge < -0.3 is 10.0 Å². The average Bonchev–Trinajstić information content (AvgIpc) is 2.15. The molecule has 0 radical (unpaired) electrons. The molecule has 1 aliphatic carbocycles. The van der Waals surface area contributed by atoms with Gasteiger partial charge >= 0.3 is 0 Å². The Labute approximate surface area is 106 Å². The predicted octanol–water partition coefficient (Wildman–Crippen LogP) is 3.62. The molecule has 1 unspecified atom stereocenters. The minimum atomic E-state index is 0.100. The highest BCUT2D eigenvalue weighted by molar-refractivity contribution is 5.20. The van der Waals surface area contributed by atoms with Crippen molar-refractivity contribution in [2.45, 2.75) is 33.6 Å². The first kappa shape index (κ1) is 14.3. The number of hydrogen-bond donors (Lipinski definition) is 1. The summed E-state index contributed by atoms with van der Waals surface area (Å²) in [6.45, 7) is 7.95. The standard InChI is InChI=1S/C15H27NO/c1-6-14(12(2)11-16(4)5)15(3)9-7-8-13(17)10-15/h7-9,12,14,17H,6,10-11H2,1-5H3/t12-,14-,15?/m1/s1. The molecule has 0 amide bonds. The highest BCUT2D eigenvalue weighted by Gasteiger charge is 2.36. The molecular formula is C15H27NO. The van der Waals surface area contributed by atoms with Crippen LogP contribution in [0.1, 0.15) is 33.6 Å². The van der Waals surface area contributed by atoms with Gasteiger partial charge in [0.05, 0.1) is 5.76 Å². The number of rotatable bonds is 5. The molecule has 1 N–H and O–H groups in total. The number of aliphatic hydroxyl groups is 1. The van der Waals surface area contributed by atoms with E-state index in [1.54, 1.807) is 0 Å². The second kappa shape index (κ2) is 5.72. The zero-order chi connectivity index (χ0) is 13.1. The van der Waals surface area contributed by atoms with Gasteiger partial charge in [-0.25, -0.2) is 0 Å². The van der Waals surface area contributed by atoms with Crippen molar-refractivity contribution in [2.24, 2.45) is 17.3 Å². The minimum absolute atomic E-state index is 0.100. The highest BCUT2D eigenvalue weighted by Crippen LogP contribution is 2.43. The number of allylic oxidation sites excluding steroid dienone is 4. The summed E-state index contributed by atoms with van der Waals surface area (Å²) >= 11 is 0. The van der Waals surface area contributed by atoms with Crippen LogP contribution < -0.4 is 0 Å². The van der Waals surface area contributed by atoms with E-state index in [2.05, 4.69) is 45.8 Å². The topological polar surface area (TPSA) is 23.5 Å². The first-order valence-electron chi connectivity index (χ1n) is 6.61. The van der Waals surface area contributed by atoms with E-state index in [1.807, 2.05) is 12.2 Å². The summed E-state index contributed by atoms with van der Waals surface area (Å²) in [5.74, 6) is 1.76. The predicted molar refractivity (Wildman–Crippen MR) is 74.1 cm³/mol. The molecule has 1 aliphatic rings. The van der Waals surface area contributed by atoms with Gasteiger partial charge in [-0.3, -0.25) is 0 Å². The normalized spacial score (nSPS) is 28.0. The van der Waals surface area contributed by atoms with E-state index in [4.69, 9.17) is 0 Å². The molecule has 0 aromatic rings. The molecule has 98 valence electrons. The van der Waals surface area contributed by atoms with E-state index in [0.717, 1.165) is 19.4 Å². The molecule has 2 nitrogen and oxygen atoms in total. The van der Waals surface area contributed by atoms with Crippen LogP contribution in [0.5, 0.6) is 0 Å². The van der Waals surface area contributed by atoms with Crippen LogP contribution in [0.15, 0.2) is 24.0 Å². The third-order valence-electron chi connectivity index (χ3n) is 3.95. The lowest BCUT2D eigenvalue weighted by Crippen LogP contribution is -2.36. The van der Waals surface area contributed by atoms with Crippen LogP contribution in [0.4, 0.5) is 0 Å². The summed E-state index contributed by atoms with van der Waals surface area (Å²) < 4.78 is 0. The summed E-state index contributed by atoms with van der Waals surface area (Å²) in [4.78, 5) is 2.25. The Morgan fingerprint density at radius 3 is 2.59 bits per heavy atom. The zero-order valence-corrected chi connectivity index (χ0v) is 11.9. The second-order valence-corrected chi connectivity index (χ2v) is 5.95. The summed E-state index contributed by atoms with van der Waals surface area (Å²) in [5, 5.41) is 9.75. The van der Waals surface area contributed by atoms with Gasteiger partial charge in [-0.2, -0.15) is 0 Å². The van der Waals surface area contributed by atoms with Crippen molar-refractivity contribution >= 4 is 0 Å². The van der Waals surface area contributed by atoms with Crippen molar-refractivity contribution in [1.29, 1.82) is 0 Å². The van der Waals surface area contributed by atoms with Gasteiger partial charge in [-0.05, 0) is 37.4 Å². The van der Waals surface area contributed by atoms with E-state index in [9.17, 15) is 5.11 Å². The van der Waals surface area contributed by atoms with Gasteiger partial charge in [-0.1, -0.05) is 39.3 Å². The molecule has 0 aromatic carbocycles. The lowest BCUT2D eigenvalue weighted by molar-refractivity contribution is 0.131. The Hall–Kier alpha value is -0.760. The number of hydrogen-bond acceptors (Lipinski definition) is 2. The van der Waals surface area contributed by atoms with Gasteiger partial charge in [0.2, 0.25) is 0 Å². The summed E-state index contributed by atoms with van der Waals surface area (Å²) in [6.07, 6.45) is 8.02. The van der Waals surface area contributed by atoms with E-state index < -0.39 is 0 Å². The largest absolute Gasteiger partial charge is 0.512 e. The average molecular weight is 237 g/mol. The van der Waals surface area contributed by atoms with E-state index in [-0.39, 0.29) is 5.41 Å². The molecule has 0 saturated carbocycles. The first-order valence-corrected chi connectivity index (χ1v) is 6.61. The maximum atomic E-state index is 9.75. The van der Waals surface area contributed by atoms with E-state index in [1.165, 1.54) is 0 Å². The molecule has 0 saturated heterocycles. The van der Waals surface area contributed by atoms with Gasteiger partial charge in [0.1, 0.15) is 0 Å². The van der Waals surface area contributed by atoms with Crippen molar-refractivity contribution in [3.63, 3.8) is 0 Å². The van der Waals surface area contributed by atoms with Crippen LogP contribution in [-0.2, 0) is 0 Å². The fourth-order valence-corrected chi connectivity index (χ4v) is 3.36. The van der Waals surface area contributed by atoms with Crippen LogP contribution >= 0.6 is 0 Å². The van der Waals surface area contributed by atoms with Crippen molar-refractivity contribution in [2.75, 3.05) is 20.6 Å². The minimum Gasteiger partial charge on any atom is -0.512 e. The molecule has 0 spiro atoms. The quantitative estimate of drug-likeness (QED) is 0.789. The smallest absolute Gasteiger partial charge is 0.0931 e. The van der Waals surface area contributed by atoms with E-state index >= 15 is 0 Å². The lowest BCUT2D eigenvalue weighted by atomic mass is 9.66. The van der Waals surface area contributed by atoms with Crippen molar-refractivity contribution < 1.29 is 5.11 Å². The zero-order valence-electron chi connectivity index (χ0n) is 11.9. The Kier molecular flexibility index (Phi) is 4.81. The van der Waals surface area contributed by atoms with Crippen LogP contribution in [0.3, 0.4) is 0 Å². The number of nitrogens with zero attached hydrogens (tertiary/aromatic N) is 1. The van der Waals surface area contributed by atoms with Crippen LogP contribution in [0, 0.1) is 17.3 Å². The van der Waals surface area contributed by atoms with Crippen LogP contribution in [0.25, 0.3) is 0 Å². The SMILES string of the molecule is CC[C@H]([C@H](C)CN(C)C)C1(C)C=CC=C(O)C1. The third kappa shape index (κ3) is 3.60. The lowest BCUT2D eigenvalue weighted by Gasteiger charge is -2.40. The summed E-state index contributed by atoms with van der Waals surface area (Å²) in [5.41, 5.74) is 0.100. The van der Waals surface area contributed by atoms with E-state index in [0.29, 0.717) is 17.6 Å². The van der Waals surface area contributed by atoms with Gasteiger partial charge in [0.15, 0.2) is 0 Å². The third-order valence-corrected chi connectivity index (χ3v) is 3.95. The molecule has 0 bridgehead atoms. The van der Waals surface area contributed by atoms with Crippen molar-refractivity contribution in [3.8, 4) is 0 Å². The molecule has 0 heterocycles. The van der Waals surface area contributed by atoms with Crippen LogP contribution in [-0.4, -0.2) is 30.6 Å². The molecule has 0 aliphatic heterocycles. The maximum absolute atomic E-state index is 9.75. The van der Waals surface area contributed by atoms with Gasteiger partial charge in [-0.15, -0.1) is 0 Å². The Balaban J connectivity index is 2.80. The second-order valence-electron chi connectivity index (χ2n) is 5.95. The molecule has 3 atom stereocenters. The van der Waals surface area contributed by atoms with Crippen LogP contribution in [0.2, 0.25) is 0 Å². The first-order chi connectivity index (χ1) is 7.89. The van der Waals surface area contributed by atoms with Crippen molar-refractivity contribution in [1.82, 2.24) is 4.90 Å². The van der Waals surface area contributed by atoms with Crippen molar-refractivity contribution in [3.05, 3.63) is 24.0 Å². The van der Waals surface area contributed by atoms with Gasteiger partial charge in [0, 0.05) is 13.0 Å². The molecule has 1 rings (SSSR count). The monoisotopic (exact) mass is 237 g/mol. The molecule has 17 heavy (non-hydrogen) atoms. The Morgan fingerprint density at radius 1 is 1.47 bits per heavy atom. The molecule has 0 aromatic heterocycles. The Morgan fingerprint density at radius 2 is 2.12 bits per heavy atom. The fraction of sp³-hybridized carbons (Fsp3) is 0.733. The fourth-order valence-electron chi connectivity index (χ4n) is 3.36. The Bertz CT molecular complexity index is 306. The van der Waals surface area contributed by atoms with Gasteiger partial charge in [0.25, 0.3) is 0 Å². The highest BCUT2D eigenvalue weighted by atomic mass is 16.3. The summed E-state index contributed by atoms with van der Waals surface area (Å²) in [7, 11) is 4.25.